The predicted octanol–water partition coefficient (Wildman–Crippen LogP) is 3.05. The molecule has 3 aromatic carbocycles. The van der Waals surface area contributed by atoms with Crippen LogP contribution in [-0.2, 0) is 4.79 Å². The Balaban J connectivity index is 1.24. The summed E-state index contributed by atoms with van der Waals surface area (Å²) in [5, 5.41) is 45.2. The molecule has 0 radical (unpaired) electrons. The highest BCUT2D eigenvalue weighted by Gasteiger charge is 2.43. The van der Waals surface area contributed by atoms with E-state index < -0.39 is 36.2 Å². The number of amides is 4. The molecular formula is C38H40N10O5. The lowest BCUT2D eigenvalue weighted by molar-refractivity contribution is -0.122. The molecule has 0 unspecified atom stereocenters. The summed E-state index contributed by atoms with van der Waals surface area (Å²) < 4.78 is 1.60. The molecule has 1 fully saturated rings. The van der Waals surface area contributed by atoms with E-state index in [0.717, 1.165) is 11.1 Å². The van der Waals surface area contributed by atoms with Crippen molar-refractivity contribution in [1.29, 1.82) is 5.26 Å². The van der Waals surface area contributed by atoms with Crippen LogP contribution in [0.3, 0.4) is 0 Å². The quantitative estimate of drug-likeness (QED) is 0.0883. The summed E-state index contributed by atoms with van der Waals surface area (Å²) in [6, 6.07) is 26.5. The number of carbonyl (C=O) groups excluding carboxylic acids is 3. The van der Waals surface area contributed by atoms with Gasteiger partial charge in [0.1, 0.15) is 17.7 Å². The minimum absolute atomic E-state index is 0.0460. The minimum atomic E-state index is -1.25. The zero-order chi connectivity index (χ0) is 37.3. The average Bonchev–Trinajstić information content (AvgIpc) is 3.73. The number of fused-ring (bicyclic) bond motifs is 1. The Morgan fingerprint density at radius 1 is 0.925 bits per heavy atom. The number of rotatable bonds is 13. The molecule has 1 aliphatic rings. The van der Waals surface area contributed by atoms with E-state index in [0.29, 0.717) is 23.3 Å². The van der Waals surface area contributed by atoms with E-state index in [1.165, 1.54) is 6.33 Å². The number of nitriles is 1. The molecule has 0 bridgehead atoms. The maximum absolute atomic E-state index is 13.5. The molecule has 4 amide bonds. The zero-order valence-corrected chi connectivity index (χ0v) is 28.9. The fourth-order valence-corrected chi connectivity index (χ4v) is 6.39. The number of imidazole rings is 1. The normalized spacial score (nSPS) is 17.9. The number of nitrogens with zero attached hydrogens (tertiary/aromatic N) is 5. The highest BCUT2D eigenvalue weighted by Crippen LogP contribution is 2.34. The topological polar surface area (TPSA) is 219 Å². The molecule has 53 heavy (non-hydrogen) atoms. The summed E-state index contributed by atoms with van der Waals surface area (Å²) in [5.74, 6) is -0.849. The molecule has 1 aliphatic carbocycles. The van der Waals surface area contributed by atoms with Gasteiger partial charge in [0.05, 0.1) is 30.0 Å². The number of benzene rings is 3. The fraction of sp³-hybridized carbons (Fsp3) is 0.289. The fourth-order valence-electron chi connectivity index (χ4n) is 6.39. The van der Waals surface area contributed by atoms with Crippen LogP contribution < -0.4 is 26.6 Å². The first-order valence-electron chi connectivity index (χ1n) is 17.3. The van der Waals surface area contributed by atoms with Crippen molar-refractivity contribution >= 4 is 40.5 Å². The van der Waals surface area contributed by atoms with E-state index in [1.54, 1.807) is 35.8 Å². The predicted molar refractivity (Wildman–Crippen MR) is 197 cm³/mol. The van der Waals surface area contributed by atoms with Crippen molar-refractivity contribution in [2.24, 2.45) is 0 Å². The maximum Gasteiger partial charge on any atom is 0.319 e. The molecule has 0 spiro atoms. The number of aliphatic hydroxyl groups excluding tert-OH is 2. The van der Waals surface area contributed by atoms with Crippen LogP contribution in [0.2, 0.25) is 0 Å². The van der Waals surface area contributed by atoms with Crippen LogP contribution in [0.25, 0.3) is 11.2 Å². The first-order chi connectivity index (χ1) is 25.7. The van der Waals surface area contributed by atoms with Gasteiger partial charge in [0.2, 0.25) is 11.7 Å². The number of aliphatic hydroxyl groups is 2. The van der Waals surface area contributed by atoms with Crippen LogP contribution in [0.4, 0.5) is 16.3 Å². The lowest BCUT2D eigenvalue weighted by atomic mass is 9.91. The lowest BCUT2D eigenvalue weighted by Gasteiger charge is -2.20. The van der Waals surface area contributed by atoms with E-state index in [1.807, 2.05) is 66.7 Å². The van der Waals surface area contributed by atoms with Gasteiger partial charge in [-0.2, -0.15) is 5.26 Å². The van der Waals surface area contributed by atoms with Gasteiger partial charge in [-0.05, 0) is 35.7 Å². The van der Waals surface area contributed by atoms with Gasteiger partial charge in [0.15, 0.2) is 11.5 Å². The average molecular weight is 717 g/mol. The maximum atomic E-state index is 13.5. The first kappa shape index (κ1) is 36.4. The second-order valence-electron chi connectivity index (χ2n) is 12.6. The smallest absolute Gasteiger partial charge is 0.319 e. The monoisotopic (exact) mass is 716 g/mol. The van der Waals surface area contributed by atoms with Crippen LogP contribution in [0, 0.1) is 11.3 Å². The van der Waals surface area contributed by atoms with Crippen molar-refractivity contribution in [3.63, 3.8) is 0 Å². The zero-order valence-electron chi connectivity index (χ0n) is 28.9. The summed E-state index contributed by atoms with van der Waals surface area (Å²) >= 11 is 0. The second-order valence-corrected chi connectivity index (χ2v) is 12.6. The van der Waals surface area contributed by atoms with Crippen LogP contribution in [0.5, 0.6) is 0 Å². The summed E-state index contributed by atoms with van der Waals surface area (Å²) in [4.78, 5) is 51.8. The van der Waals surface area contributed by atoms with Gasteiger partial charge in [0.25, 0.3) is 5.91 Å². The van der Waals surface area contributed by atoms with Crippen molar-refractivity contribution in [1.82, 2.24) is 35.5 Å². The van der Waals surface area contributed by atoms with Crippen molar-refractivity contribution in [2.45, 2.75) is 50.0 Å². The van der Waals surface area contributed by atoms with Gasteiger partial charge < -0.3 is 41.4 Å². The summed E-state index contributed by atoms with van der Waals surface area (Å²) in [6.07, 6.45) is -0.572. The van der Waals surface area contributed by atoms with Crippen molar-refractivity contribution in [3.05, 3.63) is 114 Å². The molecule has 15 nitrogen and oxygen atoms in total. The third kappa shape index (κ3) is 8.58. The molecule has 15 heteroatoms. The number of hydrogen-bond acceptors (Lipinski definition) is 10. The van der Waals surface area contributed by atoms with Gasteiger partial charge in [-0.15, -0.1) is 0 Å². The molecule has 0 saturated heterocycles. The summed E-state index contributed by atoms with van der Waals surface area (Å²) in [5.41, 5.74) is 3.58. The molecule has 2 heterocycles. The van der Waals surface area contributed by atoms with E-state index >= 15 is 0 Å². The Labute approximate surface area is 305 Å². The Morgan fingerprint density at radius 3 is 2.30 bits per heavy atom. The molecule has 2 aromatic heterocycles. The second kappa shape index (κ2) is 16.8. The highest BCUT2D eigenvalue weighted by molar-refractivity contribution is 5.94. The Bertz CT molecular complexity index is 2060. The number of nitrogens with one attached hydrogen (secondary N) is 5. The van der Waals surface area contributed by atoms with E-state index in [4.69, 9.17) is 5.26 Å². The van der Waals surface area contributed by atoms with Gasteiger partial charge >= 0.3 is 6.03 Å². The van der Waals surface area contributed by atoms with E-state index in [-0.39, 0.29) is 55.0 Å². The highest BCUT2D eigenvalue weighted by atomic mass is 16.3. The number of urea groups is 1. The minimum Gasteiger partial charge on any atom is -0.388 e. The molecule has 6 rings (SSSR count). The molecule has 4 atom stereocenters. The lowest BCUT2D eigenvalue weighted by Crippen LogP contribution is -2.42. The number of carbonyl (C=O) groups is 3. The van der Waals surface area contributed by atoms with E-state index in [9.17, 15) is 24.6 Å². The Morgan fingerprint density at radius 2 is 1.62 bits per heavy atom. The van der Waals surface area contributed by atoms with Crippen molar-refractivity contribution < 1.29 is 24.6 Å². The first-order valence-corrected chi connectivity index (χ1v) is 17.3. The van der Waals surface area contributed by atoms with Crippen LogP contribution in [-0.4, -0.2) is 85.5 Å². The molecule has 272 valence electrons. The van der Waals surface area contributed by atoms with Gasteiger partial charge in [0, 0.05) is 37.7 Å². The van der Waals surface area contributed by atoms with Gasteiger partial charge in [-0.3, -0.25) is 9.59 Å². The standard InChI is InChI=1S/C38H40N10O5/c1-2-30(49)45-28-19-29(33(51)32(28)50)48-22-43-31-34(42-21-27(24-11-5-3-6-12-24)25-13-7-4-8-14-25)46-35(47-36(31)48)37(52)40-16-17-41-38(53)44-26-15-9-10-23(18-26)20-39/h3-15,18,22,27-29,32-33,50-51H,2,16-17,19,21H2,1H3,(H,40,52)(H,45,49)(H2,41,44,53)(H,42,46,47)/t28-,29+,32+,33-/m0/s1. The SMILES string of the molecule is CCC(=O)N[C@H]1C[C@@H](n2cnc3c(NCC(c4ccccc4)c4ccccc4)nc(C(=O)NCCNC(=O)Nc4cccc(C#N)c4)nc32)[C@H](O)[C@@H]1O. The van der Waals surface area contributed by atoms with Crippen LogP contribution in [0.15, 0.2) is 91.3 Å². The largest absolute Gasteiger partial charge is 0.388 e. The molecular weight excluding hydrogens is 676 g/mol. The van der Waals surface area contributed by atoms with Crippen LogP contribution >= 0.6 is 0 Å². The number of aromatic nitrogens is 4. The number of anilines is 2. The van der Waals surface area contributed by atoms with Crippen molar-refractivity contribution in [3.8, 4) is 6.07 Å². The van der Waals surface area contributed by atoms with Crippen molar-refractivity contribution in [2.75, 3.05) is 30.3 Å². The Kier molecular flexibility index (Phi) is 11.5. The van der Waals surface area contributed by atoms with Crippen LogP contribution in [0.1, 0.15) is 59.0 Å². The molecule has 1 saturated carbocycles. The molecule has 0 aliphatic heterocycles. The van der Waals surface area contributed by atoms with Gasteiger partial charge in [-0.1, -0.05) is 73.7 Å². The Hall–Kier alpha value is -6.37. The molecule has 7 N–H and O–H groups in total. The third-order valence-electron chi connectivity index (χ3n) is 9.12. The van der Waals surface area contributed by atoms with Gasteiger partial charge in [-0.25, -0.2) is 19.7 Å². The molecule has 5 aromatic rings. The summed E-state index contributed by atoms with van der Waals surface area (Å²) in [7, 11) is 0. The number of hydrogen-bond donors (Lipinski definition) is 7. The summed E-state index contributed by atoms with van der Waals surface area (Å²) in [6.45, 7) is 2.21. The van der Waals surface area contributed by atoms with E-state index in [2.05, 4.69) is 41.5 Å². The third-order valence-corrected chi connectivity index (χ3v) is 9.12.